The number of hydrogen-bond acceptors (Lipinski definition) is 2. The molecule has 0 aliphatic heterocycles. The van der Waals surface area contributed by atoms with Gasteiger partial charge in [0.15, 0.2) is 5.78 Å². The Morgan fingerprint density at radius 2 is 1.89 bits per heavy atom. The monoisotopic (exact) mass is 281 g/mol. The molecule has 2 rings (SSSR count). The number of halogens is 2. The van der Waals surface area contributed by atoms with E-state index >= 15 is 0 Å². The molecule has 4 heteroatoms. The zero-order chi connectivity index (χ0) is 13.5. The van der Waals surface area contributed by atoms with Crippen LogP contribution in [0.25, 0.3) is 0 Å². The Labute approximate surface area is 117 Å². The second-order valence-electron chi connectivity index (χ2n) is 5.28. The molecule has 1 aliphatic rings. The van der Waals surface area contributed by atoms with Crippen molar-refractivity contribution < 1.29 is 4.79 Å². The van der Waals surface area contributed by atoms with E-state index in [0.717, 1.165) is 5.56 Å². The van der Waals surface area contributed by atoms with Crippen LogP contribution in [0, 0.1) is 22.7 Å². The van der Waals surface area contributed by atoms with Gasteiger partial charge in [-0.1, -0.05) is 37.0 Å². The van der Waals surface area contributed by atoms with Gasteiger partial charge in [0.05, 0.1) is 12.5 Å². The summed E-state index contributed by atoms with van der Waals surface area (Å²) in [4.78, 5) is 11.9. The molecule has 1 aromatic rings. The summed E-state index contributed by atoms with van der Waals surface area (Å²) in [6.45, 7) is 4.07. The SMILES string of the molecule is CC1(C)[C@H](C(=O)CC#N)[C@H]1c1cc(Cl)cc(Cl)c1. The maximum Gasteiger partial charge on any atom is 0.151 e. The molecular formula is C14H13Cl2NO. The van der Waals surface area contributed by atoms with Crippen molar-refractivity contribution >= 4 is 29.0 Å². The van der Waals surface area contributed by atoms with Crippen molar-refractivity contribution in [1.82, 2.24) is 0 Å². The molecule has 1 aromatic carbocycles. The summed E-state index contributed by atoms with van der Waals surface area (Å²) < 4.78 is 0. The Morgan fingerprint density at radius 3 is 2.39 bits per heavy atom. The fourth-order valence-electron chi connectivity index (χ4n) is 2.80. The lowest BCUT2D eigenvalue weighted by atomic mass is 10.0. The zero-order valence-electron chi connectivity index (χ0n) is 10.2. The number of carbonyl (C=O) groups is 1. The van der Waals surface area contributed by atoms with Gasteiger partial charge in [-0.15, -0.1) is 0 Å². The zero-order valence-corrected chi connectivity index (χ0v) is 11.7. The summed E-state index contributed by atoms with van der Waals surface area (Å²) in [7, 11) is 0. The molecule has 1 aliphatic carbocycles. The smallest absolute Gasteiger partial charge is 0.151 e. The van der Waals surface area contributed by atoms with E-state index in [1.165, 1.54) is 0 Å². The minimum atomic E-state index is -0.123. The van der Waals surface area contributed by atoms with Crippen LogP contribution >= 0.6 is 23.2 Å². The number of ketones is 1. The van der Waals surface area contributed by atoms with Crippen molar-refractivity contribution in [1.29, 1.82) is 5.26 Å². The van der Waals surface area contributed by atoms with Gasteiger partial charge in [0.1, 0.15) is 0 Å². The first-order valence-corrected chi connectivity index (χ1v) is 6.49. The van der Waals surface area contributed by atoms with E-state index in [0.29, 0.717) is 10.0 Å². The third kappa shape index (κ3) is 2.25. The van der Waals surface area contributed by atoms with Gasteiger partial charge in [-0.3, -0.25) is 4.79 Å². The number of benzene rings is 1. The van der Waals surface area contributed by atoms with Gasteiger partial charge in [0.25, 0.3) is 0 Å². The number of hydrogen-bond donors (Lipinski definition) is 0. The Balaban J connectivity index is 2.30. The summed E-state index contributed by atoms with van der Waals surface area (Å²) >= 11 is 12.0. The average Bonchev–Trinajstić information content (AvgIpc) is 2.80. The highest BCUT2D eigenvalue weighted by Crippen LogP contribution is 2.65. The first kappa shape index (κ1) is 13.4. The molecule has 2 atom stereocenters. The van der Waals surface area contributed by atoms with E-state index in [4.69, 9.17) is 28.5 Å². The largest absolute Gasteiger partial charge is 0.298 e. The van der Waals surface area contributed by atoms with E-state index in [9.17, 15) is 4.79 Å². The summed E-state index contributed by atoms with van der Waals surface area (Å²) in [5.41, 5.74) is 0.857. The first-order valence-electron chi connectivity index (χ1n) is 5.73. The fraction of sp³-hybridized carbons (Fsp3) is 0.429. The van der Waals surface area contributed by atoms with Crippen LogP contribution in [-0.2, 0) is 4.79 Å². The molecular weight excluding hydrogens is 269 g/mol. The van der Waals surface area contributed by atoms with Gasteiger partial charge >= 0.3 is 0 Å². The van der Waals surface area contributed by atoms with Crippen molar-refractivity contribution in [2.75, 3.05) is 0 Å². The molecule has 0 unspecified atom stereocenters. The van der Waals surface area contributed by atoms with E-state index in [1.807, 2.05) is 32.0 Å². The highest BCUT2D eigenvalue weighted by Gasteiger charge is 2.61. The third-order valence-electron chi connectivity index (χ3n) is 3.67. The highest BCUT2D eigenvalue weighted by atomic mass is 35.5. The molecule has 0 spiro atoms. The van der Waals surface area contributed by atoms with E-state index in [1.54, 1.807) is 6.07 Å². The van der Waals surface area contributed by atoms with Gasteiger partial charge < -0.3 is 0 Å². The standard InChI is InChI=1S/C14H13Cl2NO/c1-14(2)12(13(14)11(18)3-4-17)8-5-9(15)7-10(16)6-8/h5-7,12-13H,3H2,1-2H3/t12-,13-/m1/s1. The summed E-state index contributed by atoms with van der Waals surface area (Å²) in [5, 5.41) is 9.77. The average molecular weight is 282 g/mol. The number of carbonyl (C=O) groups excluding carboxylic acids is 1. The first-order chi connectivity index (χ1) is 8.37. The lowest BCUT2D eigenvalue weighted by Crippen LogP contribution is -2.04. The fourth-order valence-corrected chi connectivity index (χ4v) is 3.35. The predicted octanol–water partition coefficient (Wildman–Crippen LogP) is 4.22. The molecule has 1 saturated carbocycles. The molecule has 0 heterocycles. The second kappa shape index (κ2) is 4.57. The van der Waals surface area contributed by atoms with E-state index in [-0.39, 0.29) is 29.5 Å². The van der Waals surface area contributed by atoms with Gasteiger partial charge in [0, 0.05) is 21.9 Å². The molecule has 0 radical (unpaired) electrons. The molecule has 0 bridgehead atoms. The molecule has 0 amide bonds. The van der Waals surface area contributed by atoms with Crippen LogP contribution in [0.3, 0.4) is 0 Å². The maximum absolute atomic E-state index is 11.9. The minimum Gasteiger partial charge on any atom is -0.298 e. The predicted molar refractivity (Wildman–Crippen MR) is 71.7 cm³/mol. The van der Waals surface area contributed by atoms with E-state index in [2.05, 4.69) is 0 Å². The van der Waals surface area contributed by atoms with Crippen molar-refractivity contribution in [2.45, 2.75) is 26.2 Å². The maximum atomic E-state index is 11.9. The lowest BCUT2D eigenvalue weighted by molar-refractivity contribution is -0.120. The normalized spacial score (nSPS) is 24.4. The number of Topliss-reactive ketones (excluding diaryl/α,β-unsaturated/α-hetero) is 1. The van der Waals surface area contributed by atoms with Gasteiger partial charge in [-0.2, -0.15) is 5.26 Å². The molecule has 0 aromatic heterocycles. The van der Waals surface area contributed by atoms with Crippen LogP contribution in [0.15, 0.2) is 18.2 Å². The molecule has 1 fully saturated rings. The van der Waals surface area contributed by atoms with Crippen molar-refractivity contribution in [3.05, 3.63) is 33.8 Å². The molecule has 18 heavy (non-hydrogen) atoms. The molecule has 94 valence electrons. The highest BCUT2D eigenvalue weighted by molar-refractivity contribution is 6.34. The summed E-state index contributed by atoms with van der Waals surface area (Å²) in [6, 6.07) is 7.29. The van der Waals surface area contributed by atoms with Crippen LogP contribution < -0.4 is 0 Å². The lowest BCUT2D eigenvalue weighted by Gasteiger charge is -2.04. The molecule has 0 N–H and O–H groups in total. The second-order valence-corrected chi connectivity index (χ2v) is 6.15. The van der Waals surface area contributed by atoms with Crippen molar-refractivity contribution in [3.8, 4) is 6.07 Å². The van der Waals surface area contributed by atoms with Crippen LogP contribution in [0.1, 0.15) is 31.7 Å². The van der Waals surface area contributed by atoms with Gasteiger partial charge in [-0.05, 0) is 29.2 Å². The van der Waals surface area contributed by atoms with Gasteiger partial charge in [-0.25, -0.2) is 0 Å². The van der Waals surface area contributed by atoms with Gasteiger partial charge in [0.2, 0.25) is 0 Å². The van der Waals surface area contributed by atoms with Crippen LogP contribution in [0.5, 0.6) is 0 Å². The van der Waals surface area contributed by atoms with Crippen LogP contribution in [0.2, 0.25) is 10.0 Å². The molecule has 0 saturated heterocycles. The minimum absolute atomic E-state index is 0.00333. The summed E-state index contributed by atoms with van der Waals surface area (Å²) in [6.07, 6.45) is -0.0289. The van der Waals surface area contributed by atoms with Crippen LogP contribution in [0.4, 0.5) is 0 Å². The summed E-state index contributed by atoms with van der Waals surface area (Å²) in [5.74, 6) is 0.00447. The number of nitriles is 1. The van der Waals surface area contributed by atoms with Crippen molar-refractivity contribution in [2.24, 2.45) is 11.3 Å². The Kier molecular flexibility index (Phi) is 3.40. The number of rotatable bonds is 3. The molecule has 2 nitrogen and oxygen atoms in total. The van der Waals surface area contributed by atoms with Crippen molar-refractivity contribution in [3.63, 3.8) is 0 Å². The Hall–Kier alpha value is -1.04. The number of nitrogens with zero attached hydrogens (tertiary/aromatic N) is 1. The Morgan fingerprint density at radius 1 is 1.33 bits per heavy atom. The van der Waals surface area contributed by atoms with E-state index < -0.39 is 0 Å². The van der Waals surface area contributed by atoms with Crippen LogP contribution in [-0.4, -0.2) is 5.78 Å². The Bertz CT molecular complexity index is 525. The topological polar surface area (TPSA) is 40.9 Å². The third-order valence-corrected chi connectivity index (χ3v) is 4.11. The quantitative estimate of drug-likeness (QED) is 0.833.